The van der Waals surface area contributed by atoms with Crippen molar-refractivity contribution < 1.29 is 4.79 Å². The van der Waals surface area contributed by atoms with Crippen LogP contribution in [-0.4, -0.2) is 18.3 Å². The number of carbonyl (C=O) groups is 1. The number of hydrogen-bond acceptors (Lipinski definition) is 1. The van der Waals surface area contributed by atoms with E-state index in [1.54, 1.807) is 7.05 Å². The fourth-order valence-corrected chi connectivity index (χ4v) is 2.56. The Balaban J connectivity index is 2.65. The van der Waals surface area contributed by atoms with Crippen LogP contribution >= 0.6 is 11.6 Å². The summed E-state index contributed by atoms with van der Waals surface area (Å²) in [5.74, 6) is -0.0314. The number of rotatable bonds is 2. The van der Waals surface area contributed by atoms with Gasteiger partial charge in [-0.2, -0.15) is 0 Å². The zero-order valence-corrected chi connectivity index (χ0v) is 9.86. The van der Waals surface area contributed by atoms with Gasteiger partial charge in [0.2, 0.25) is 5.91 Å². The molecule has 0 aromatic heterocycles. The van der Waals surface area contributed by atoms with E-state index in [0.717, 1.165) is 12.8 Å². The third kappa shape index (κ3) is 2.63. The van der Waals surface area contributed by atoms with Crippen LogP contribution in [-0.2, 0) is 4.79 Å². The predicted octanol–water partition coefficient (Wildman–Crippen LogP) is 2.70. The van der Waals surface area contributed by atoms with Crippen LogP contribution in [0.1, 0.15) is 45.4 Å². The van der Waals surface area contributed by atoms with Crippen molar-refractivity contribution in [2.75, 3.05) is 7.05 Å². The first-order chi connectivity index (χ1) is 6.60. The number of carbonyl (C=O) groups excluding carboxylic acids is 1. The standard InChI is InChI=1S/C11H20ClNO/c1-11(9(12)10(14)13-2)7-5-3-4-6-8-11/h9H,3-8H2,1-2H3,(H,13,14). The zero-order chi connectivity index (χ0) is 10.6. The van der Waals surface area contributed by atoms with Gasteiger partial charge in [0.1, 0.15) is 5.38 Å². The van der Waals surface area contributed by atoms with Gasteiger partial charge in [0.15, 0.2) is 0 Å². The van der Waals surface area contributed by atoms with Crippen LogP contribution in [0.15, 0.2) is 0 Å². The molecule has 1 rings (SSSR count). The molecule has 1 aliphatic rings. The highest BCUT2D eigenvalue weighted by Crippen LogP contribution is 2.40. The van der Waals surface area contributed by atoms with E-state index in [4.69, 9.17) is 11.6 Å². The lowest BCUT2D eigenvalue weighted by Crippen LogP contribution is -2.40. The van der Waals surface area contributed by atoms with Crippen molar-refractivity contribution in [2.24, 2.45) is 5.41 Å². The summed E-state index contributed by atoms with van der Waals surface area (Å²) in [4.78, 5) is 11.5. The van der Waals surface area contributed by atoms with Crippen molar-refractivity contribution in [1.82, 2.24) is 5.32 Å². The van der Waals surface area contributed by atoms with E-state index in [2.05, 4.69) is 12.2 Å². The van der Waals surface area contributed by atoms with E-state index in [0.29, 0.717) is 0 Å². The SMILES string of the molecule is CNC(=O)C(Cl)C1(C)CCCCCC1. The van der Waals surface area contributed by atoms with Crippen molar-refractivity contribution in [2.45, 2.75) is 50.8 Å². The molecule has 0 aliphatic heterocycles. The number of nitrogens with one attached hydrogen (secondary N) is 1. The van der Waals surface area contributed by atoms with Gasteiger partial charge in [-0.15, -0.1) is 11.6 Å². The molecule has 0 radical (unpaired) electrons. The Bertz CT molecular complexity index is 197. The largest absolute Gasteiger partial charge is 0.358 e. The van der Waals surface area contributed by atoms with Crippen LogP contribution < -0.4 is 5.32 Å². The molecule has 1 atom stereocenters. The summed E-state index contributed by atoms with van der Waals surface area (Å²) >= 11 is 6.21. The molecule has 1 fully saturated rings. The monoisotopic (exact) mass is 217 g/mol. The van der Waals surface area contributed by atoms with Gasteiger partial charge in [-0.05, 0) is 18.3 Å². The van der Waals surface area contributed by atoms with Gasteiger partial charge in [-0.3, -0.25) is 4.79 Å². The maximum absolute atomic E-state index is 11.5. The van der Waals surface area contributed by atoms with Gasteiger partial charge < -0.3 is 5.32 Å². The van der Waals surface area contributed by atoms with Crippen LogP contribution in [0.3, 0.4) is 0 Å². The fraction of sp³-hybridized carbons (Fsp3) is 0.909. The molecule has 1 unspecified atom stereocenters. The number of halogens is 1. The van der Waals surface area contributed by atoms with Crippen LogP contribution in [0, 0.1) is 5.41 Å². The molecule has 1 N–H and O–H groups in total. The van der Waals surface area contributed by atoms with E-state index in [-0.39, 0.29) is 16.7 Å². The zero-order valence-electron chi connectivity index (χ0n) is 9.11. The van der Waals surface area contributed by atoms with E-state index in [9.17, 15) is 4.79 Å². The molecular weight excluding hydrogens is 198 g/mol. The van der Waals surface area contributed by atoms with Crippen molar-refractivity contribution >= 4 is 17.5 Å². The highest BCUT2D eigenvalue weighted by Gasteiger charge is 2.37. The number of hydrogen-bond donors (Lipinski definition) is 1. The Labute approximate surface area is 91.4 Å². The van der Waals surface area contributed by atoms with E-state index in [1.165, 1.54) is 25.7 Å². The van der Waals surface area contributed by atoms with Crippen molar-refractivity contribution in [3.05, 3.63) is 0 Å². The maximum atomic E-state index is 11.5. The van der Waals surface area contributed by atoms with Gasteiger partial charge in [-0.25, -0.2) is 0 Å². The fourth-order valence-electron chi connectivity index (χ4n) is 2.23. The van der Waals surface area contributed by atoms with Crippen molar-refractivity contribution in [3.63, 3.8) is 0 Å². The summed E-state index contributed by atoms with van der Waals surface area (Å²) < 4.78 is 0. The summed E-state index contributed by atoms with van der Waals surface area (Å²) in [7, 11) is 1.65. The Kier molecular flexibility index (Phi) is 4.24. The smallest absolute Gasteiger partial charge is 0.238 e. The topological polar surface area (TPSA) is 29.1 Å². The minimum Gasteiger partial charge on any atom is -0.358 e. The normalized spacial score (nSPS) is 23.6. The molecule has 2 nitrogen and oxygen atoms in total. The molecule has 3 heteroatoms. The Morgan fingerprint density at radius 1 is 1.29 bits per heavy atom. The molecule has 0 aromatic rings. The van der Waals surface area contributed by atoms with Crippen molar-refractivity contribution in [3.8, 4) is 0 Å². The molecular formula is C11H20ClNO. The third-order valence-corrected chi connectivity index (χ3v) is 4.06. The molecule has 14 heavy (non-hydrogen) atoms. The Morgan fingerprint density at radius 2 is 1.79 bits per heavy atom. The molecule has 1 saturated carbocycles. The van der Waals surface area contributed by atoms with Crippen LogP contribution in [0.2, 0.25) is 0 Å². The summed E-state index contributed by atoms with van der Waals surface area (Å²) in [5, 5.41) is 2.27. The highest BCUT2D eigenvalue weighted by atomic mass is 35.5. The van der Waals surface area contributed by atoms with Gasteiger partial charge in [0.05, 0.1) is 0 Å². The van der Waals surface area contributed by atoms with Gasteiger partial charge in [0, 0.05) is 7.05 Å². The minimum atomic E-state index is -0.370. The third-order valence-electron chi connectivity index (χ3n) is 3.33. The summed E-state index contributed by atoms with van der Waals surface area (Å²) in [6.45, 7) is 2.14. The number of alkyl halides is 1. The summed E-state index contributed by atoms with van der Waals surface area (Å²) in [6, 6.07) is 0. The highest BCUT2D eigenvalue weighted by molar-refractivity contribution is 6.31. The van der Waals surface area contributed by atoms with Crippen LogP contribution in [0.25, 0.3) is 0 Å². The number of amides is 1. The lowest BCUT2D eigenvalue weighted by atomic mass is 9.79. The molecule has 0 aromatic carbocycles. The van der Waals surface area contributed by atoms with Gasteiger partial charge in [0.25, 0.3) is 0 Å². The maximum Gasteiger partial charge on any atom is 0.238 e. The average Bonchev–Trinajstić information content (AvgIpc) is 2.41. The lowest BCUT2D eigenvalue weighted by molar-refractivity contribution is -0.122. The Hall–Kier alpha value is -0.240. The quantitative estimate of drug-likeness (QED) is 0.559. The molecule has 1 aliphatic carbocycles. The lowest BCUT2D eigenvalue weighted by Gasteiger charge is -2.31. The van der Waals surface area contributed by atoms with Crippen LogP contribution in [0.4, 0.5) is 0 Å². The van der Waals surface area contributed by atoms with Gasteiger partial charge in [-0.1, -0.05) is 32.6 Å². The molecule has 0 saturated heterocycles. The Morgan fingerprint density at radius 3 is 2.21 bits per heavy atom. The second-order valence-electron chi connectivity index (χ2n) is 4.55. The summed E-state index contributed by atoms with van der Waals surface area (Å²) in [6.07, 6.45) is 7.14. The molecule has 1 amide bonds. The average molecular weight is 218 g/mol. The van der Waals surface area contributed by atoms with Crippen LogP contribution in [0.5, 0.6) is 0 Å². The first-order valence-corrected chi connectivity index (χ1v) is 5.89. The first-order valence-electron chi connectivity index (χ1n) is 5.46. The second-order valence-corrected chi connectivity index (χ2v) is 4.98. The minimum absolute atomic E-state index is 0.00184. The van der Waals surface area contributed by atoms with Crippen molar-refractivity contribution in [1.29, 1.82) is 0 Å². The molecule has 0 spiro atoms. The van der Waals surface area contributed by atoms with E-state index in [1.807, 2.05) is 0 Å². The van der Waals surface area contributed by atoms with Gasteiger partial charge >= 0.3 is 0 Å². The molecule has 0 heterocycles. The predicted molar refractivity (Wildman–Crippen MR) is 59.5 cm³/mol. The second kappa shape index (κ2) is 5.01. The molecule has 0 bridgehead atoms. The van der Waals surface area contributed by atoms with E-state index < -0.39 is 0 Å². The summed E-state index contributed by atoms with van der Waals surface area (Å²) in [5.41, 5.74) is -0.00184. The van der Waals surface area contributed by atoms with E-state index >= 15 is 0 Å². The first kappa shape index (κ1) is 11.8. The molecule has 82 valence electrons.